The molecule has 0 amide bonds. The molecule has 0 unspecified atom stereocenters. The van der Waals surface area contributed by atoms with Crippen molar-refractivity contribution in [2.75, 3.05) is 11.5 Å². The smallest absolute Gasteiger partial charge is 0.177 e. The minimum absolute atomic E-state index is 0.574. The van der Waals surface area contributed by atoms with Gasteiger partial charge in [-0.2, -0.15) is 0 Å². The zero-order chi connectivity index (χ0) is 28.2. The van der Waals surface area contributed by atoms with E-state index in [1.807, 2.05) is 109 Å². The van der Waals surface area contributed by atoms with Crippen molar-refractivity contribution in [3.63, 3.8) is 0 Å². The average Bonchev–Trinajstić information content (AvgIpc) is 2.96. The number of anilines is 2. The number of hydrogen-bond acceptors (Lipinski definition) is 6. The monoisotopic (exact) mass is 540 g/mol. The largest absolute Gasteiger partial charge is 0.457 e. The third kappa shape index (κ3) is 6.02. The average molecular weight is 541 g/mol. The molecule has 0 spiro atoms. The molecule has 6 heteroatoms. The van der Waals surface area contributed by atoms with Crippen LogP contribution in [-0.4, -0.2) is 0 Å². The van der Waals surface area contributed by atoms with E-state index in [1.165, 1.54) is 0 Å². The summed E-state index contributed by atoms with van der Waals surface area (Å²) in [6.45, 7) is 2.05. The van der Waals surface area contributed by atoms with Crippen LogP contribution in [0.3, 0.4) is 0 Å². The molecule has 0 saturated carbocycles. The van der Waals surface area contributed by atoms with Gasteiger partial charge in [0.05, 0.1) is 0 Å². The number of nitrogen functional groups attached to an aromatic ring is 2. The first kappa shape index (κ1) is 25.6. The third-order valence-corrected chi connectivity index (χ3v) is 6.41. The Bertz CT molecular complexity index is 1850. The molecular formula is C35H28N2O4. The van der Waals surface area contributed by atoms with Crippen LogP contribution < -0.4 is 30.4 Å². The molecule has 6 aromatic carbocycles. The molecule has 6 aromatic rings. The maximum Gasteiger partial charge on any atom is 0.177 e. The molecule has 0 atom stereocenters. The number of rotatable bonds is 8. The van der Waals surface area contributed by atoms with Crippen LogP contribution in [0.4, 0.5) is 11.4 Å². The summed E-state index contributed by atoms with van der Waals surface area (Å²) in [4.78, 5) is 0. The Morgan fingerprint density at radius 3 is 1.39 bits per heavy atom. The lowest BCUT2D eigenvalue weighted by atomic mass is 10.0. The predicted octanol–water partition coefficient (Wildman–Crippen LogP) is 9.48. The highest BCUT2D eigenvalue weighted by atomic mass is 16.5. The SMILES string of the molecule is Cc1cc(Oc2cccc(Oc3cccc(N)c3)c2)c(Oc2cccc(Oc3cccc(N)c3)c2)c2ccccc12. The summed E-state index contributed by atoms with van der Waals surface area (Å²) in [5.41, 5.74) is 14.1. The van der Waals surface area contributed by atoms with Gasteiger partial charge >= 0.3 is 0 Å². The van der Waals surface area contributed by atoms with E-state index in [9.17, 15) is 0 Å². The molecule has 202 valence electrons. The van der Waals surface area contributed by atoms with Gasteiger partial charge in [0.1, 0.15) is 34.5 Å². The Labute approximate surface area is 238 Å². The second kappa shape index (κ2) is 11.2. The van der Waals surface area contributed by atoms with Crippen molar-refractivity contribution in [3.8, 4) is 46.0 Å². The maximum atomic E-state index is 6.52. The van der Waals surface area contributed by atoms with Crippen LogP contribution in [0.2, 0.25) is 0 Å². The summed E-state index contributed by atoms with van der Waals surface area (Å²) in [5, 5.41) is 2.00. The first-order valence-corrected chi connectivity index (χ1v) is 13.2. The fourth-order valence-electron chi connectivity index (χ4n) is 4.55. The molecule has 4 N–H and O–H groups in total. The predicted molar refractivity (Wildman–Crippen MR) is 164 cm³/mol. The fourth-order valence-corrected chi connectivity index (χ4v) is 4.55. The van der Waals surface area contributed by atoms with E-state index in [-0.39, 0.29) is 0 Å². The Kier molecular flexibility index (Phi) is 7.03. The summed E-state index contributed by atoms with van der Waals surface area (Å²) >= 11 is 0. The molecule has 0 bridgehead atoms. The molecule has 6 nitrogen and oxygen atoms in total. The number of hydrogen-bond donors (Lipinski definition) is 2. The number of benzene rings is 6. The van der Waals surface area contributed by atoms with Gasteiger partial charge in [-0.1, -0.05) is 48.5 Å². The number of aryl methyl sites for hydroxylation is 1. The van der Waals surface area contributed by atoms with E-state index in [0.29, 0.717) is 57.4 Å². The lowest BCUT2D eigenvalue weighted by Crippen LogP contribution is -1.95. The van der Waals surface area contributed by atoms with Crippen LogP contribution >= 0.6 is 0 Å². The van der Waals surface area contributed by atoms with Gasteiger partial charge < -0.3 is 30.4 Å². The summed E-state index contributed by atoms with van der Waals surface area (Å²) in [7, 11) is 0. The van der Waals surface area contributed by atoms with Gasteiger partial charge in [-0.3, -0.25) is 0 Å². The van der Waals surface area contributed by atoms with Crippen molar-refractivity contribution in [1.82, 2.24) is 0 Å². The molecular weight excluding hydrogens is 512 g/mol. The summed E-state index contributed by atoms with van der Waals surface area (Å²) in [6.07, 6.45) is 0. The zero-order valence-electron chi connectivity index (χ0n) is 22.4. The van der Waals surface area contributed by atoms with Crippen molar-refractivity contribution in [2.45, 2.75) is 6.92 Å². The normalized spacial score (nSPS) is 10.8. The molecule has 0 aliphatic rings. The van der Waals surface area contributed by atoms with Gasteiger partial charge in [0.2, 0.25) is 0 Å². The van der Waals surface area contributed by atoms with E-state index in [2.05, 4.69) is 13.0 Å². The van der Waals surface area contributed by atoms with Crippen LogP contribution in [0.15, 0.2) is 127 Å². The summed E-state index contributed by atoms with van der Waals surface area (Å²) < 4.78 is 25.0. The Hall–Kier alpha value is -5.62. The standard InChI is InChI=1S/C35H28N2O4/c1-23-18-34(40-30-14-6-12-28(21-30)38-26-10-4-8-24(36)19-26)35(33-17-3-2-16-32(23)33)41-31-15-7-13-29(22-31)39-27-11-5-9-25(37)20-27/h2-22H,36-37H2,1H3. The summed E-state index contributed by atoms with van der Waals surface area (Å²) in [5.74, 6) is 4.91. The molecule has 0 saturated heterocycles. The van der Waals surface area contributed by atoms with Crippen LogP contribution in [0, 0.1) is 6.92 Å². The van der Waals surface area contributed by atoms with E-state index in [1.54, 1.807) is 12.1 Å². The Morgan fingerprint density at radius 2 is 0.854 bits per heavy atom. The summed E-state index contributed by atoms with van der Waals surface area (Å²) in [6, 6.07) is 39.6. The maximum absolute atomic E-state index is 6.52. The van der Waals surface area contributed by atoms with E-state index in [0.717, 1.165) is 16.3 Å². The second-order valence-corrected chi connectivity index (χ2v) is 9.57. The topological polar surface area (TPSA) is 89.0 Å². The van der Waals surface area contributed by atoms with E-state index in [4.69, 9.17) is 30.4 Å². The van der Waals surface area contributed by atoms with Gasteiger partial charge in [-0.05, 0) is 72.5 Å². The lowest BCUT2D eigenvalue weighted by Gasteiger charge is -2.17. The van der Waals surface area contributed by atoms with Crippen LogP contribution in [0.1, 0.15) is 5.56 Å². The van der Waals surface area contributed by atoms with Crippen LogP contribution in [-0.2, 0) is 0 Å². The number of nitrogens with two attached hydrogens (primary N) is 2. The highest BCUT2D eigenvalue weighted by molar-refractivity contribution is 5.93. The molecule has 0 radical (unpaired) electrons. The molecule has 0 aliphatic heterocycles. The van der Waals surface area contributed by atoms with E-state index < -0.39 is 0 Å². The molecule has 6 rings (SSSR count). The van der Waals surface area contributed by atoms with Crippen LogP contribution in [0.5, 0.6) is 46.0 Å². The molecule has 41 heavy (non-hydrogen) atoms. The zero-order valence-corrected chi connectivity index (χ0v) is 22.4. The van der Waals surface area contributed by atoms with Gasteiger partial charge in [-0.25, -0.2) is 0 Å². The highest BCUT2D eigenvalue weighted by Crippen LogP contribution is 2.43. The van der Waals surface area contributed by atoms with Crippen molar-refractivity contribution >= 4 is 22.1 Å². The Balaban J connectivity index is 1.33. The second-order valence-electron chi connectivity index (χ2n) is 9.57. The Morgan fingerprint density at radius 1 is 0.415 bits per heavy atom. The number of fused-ring (bicyclic) bond motifs is 1. The van der Waals surface area contributed by atoms with E-state index >= 15 is 0 Å². The van der Waals surface area contributed by atoms with Gasteiger partial charge in [0.15, 0.2) is 11.5 Å². The van der Waals surface area contributed by atoms with Gasteiger partial charge in [0, 0.05) is 41.0 Å². The third-order valence-electron chi connectivity index (χ3n) is 6.41. The quantitative estimate of drug-likeness (QED) is 0.187. The highest BCUT2D eigenvalue weighted by Gasteiger charge is 2.16. The van der Waals surface area contributed by atoms with Gasteiger partial charge in [-0.15, -0.1) is 0 Å². The lowest BCUT2D eigenvalue weighted by molar-refractivity contribution is 0.416. The molecule has 0 aromatic heterocycles. The number of ether oxygens (including phenoxy) is 4. The van der Waals surface area contributed by atoms with Crippen molar-refractivity contribution in [1.29, 1.82) is 0 Å². The van der Waals surface area contributed by atoms with Crippen molar-refractivity contribution < 1.29 is 18.9 Å². The van der Waals surface area contributed by atoms with Gasteiger partial charge in [0.25, 0.3) is 0 Å². The van der Waals surface area contributed by atoms with Crippen molar-refractivity contribution in [3.05, 3.63) is 133 Å². The fraction of sp³-hybridized carbons (Fsp3) is 0.0286. The minimum atomic E-state index is 0.574. The molecule has 0 aliphatic carbocycles. The van der Waals surface area contributed by atoms with Crippen molar-refractivity contribution in [2.24, 2.45) is 0 Å². The minimum Gasteiger partial charge on any atom is -0.457 e. The first-order valence-electron chi connectivity index (χ1n) is 13.2. The molecule has 0 fully saturated rings. The van der Waals surface area contributed by atoms with Crippen LogP contribution in [0.25, 0.3) is 10.8 Å². The first-order chi connectivity index (χ1) is 20.0. The molecule has 0 heterocycles.